The van der Waals surface area contributed by atoms with Crippen molar-refractivity contribution in [2.24, 2.45) is 0 Å². The SMILES string of the molecule is C[C@H](OC[C@H]1CO1)c1ccc(F)cc1F. The van der Waals surface area contributed by atoms with Gasteiger partial charge in [0, 0.05) is 11.6 Å². The summed E-state index contributed by atoms with van der Waals surface area (Å²) in [7, 11) is 0. The van der Waals surface area contributed by atoms with Crippen LogP contribution >= 0.6 is 0 Å². The summed E-state index contributed by atoms with van der Waals surface area (Å²) in [5.74, 6) is -1.15. The second-order valence-electron chi connectivity index (χ2n) is 3.60. The van der Waals surface area contributed by atoms with Crippen LogP contribution < -0.4 is 0 Å². The molecule has 0 radical (unpaired) electrons. The zero-order valence-electron chi connectivity index (χ0n) is 8.37. The van der Waals surface area contributed by atoms with E-state index in [9.17, 15) is 8.78 Å². The number of epoxide rings is 1. The van der Waals surface area contributed by atoms with Gasteiger partial charge in [-0.2, -0.15) is 0 Å². The summed E-state index contributed by atoms with van der Waals surface area (Å²) in [5.41, 5.74) is 0.372. The van der Waals surface area contributed by atoms with Gasteiger partial charge in [0.15, 0.2) is 0 Å². The van der Waals surface area contributed by atoms with E-state index in [0.29, 0.717) is 18.8 Å². The van der Waals surface area contributed by atoms with Crippen LogP contribution in [0.15, 0.2) is 18.2 Å². The van der Waals surface area contributed by atoms with Crippen LogP contribution in [0, 0.1) is 11.6 Å². The molecule has 2 rings (SSSR count). The minimum Gasteiger partial charge on any atom is -0.371 e. The predicted molar refractivity (Wildman–Crippen MR) is 50.5 cm³/mol. The number of ether oxygens (including phenoxy) is 2. The molecule has 0 spiro atoms. The third-order valence-electron chi connectivity index (χ3n) is 2.33. The quantitative estimate of drug-likeness (QED) is 0.718. The van der Waals surface area contributed by atoms with Crippen LogP contribution in [0.2, 0.25) is 0 Å². The van der Waals surface area contributed by atoms with Gasteiger partial charge in [-0.1, -0.05) is 6.07 Å². The van der Waals surface area contributed by atoms with Crippen LogP contribution in [-0.4, -0.2) is 19.3 Å². The minimum absolute atomic E-state index is 0.149. The zero-order valence-corrected chi connectivity index (χ0v) is 8.37. The molecular weight excluding hydrogens is 202 g/mol. The van der Waals surface area contributed by atoms with Gasteiger partial charge in [0.1, 0.15) is 17.7 Å². The third-order valence-corrected chi connectivity index (χ3v) is 2.33. The van der Waals surface area contributed by atoms with Gasteiger partial charge in [0.2, 0.25) is 0 Å². The summed E-state index contributed by atoms with van der Waals surface area (Å²) in [5, 5.41) is 0. The summed E-state index contributed by atoms with van der Waals surface area (Å²) in [6.07, 6.45) is -0.231. The molecule has 0 N–H and O–H groups in total. The molecule has 0 bridgehead atoms. The van der Waals surface area contributed by atoms with Crippen LogP contribution in [0.25, 0.3) is 0 Å². The number of halogens is 2. The van der Waals surface area contributed by atoms with Gasteiger partial charge in [-0.3, -0.25) is 0 Å². The number of hydrogen-bond donors (Lipinski definition) is 0. The van der Waals surface area contributed by atoms with E-state index in [4.69, 9.17) is 9.47 Å². The first-order valence-electron chi connectivity index (χ1n) is 4.85. The first kappa shape index (κ1) is 10.5. The molecule has 0 aromatic heterocycles. The lowest BCUT2D eigenvalue weighted by Gasteiger charge is -2.13. The average molecular weight is 214 g/mol. The molecule has 4 heteroatoms. The van der Waals surface area contributed by atoms with Gasteiger partial charge < -0.3 is 9.47 Å². The topological polar surface area (TPSA) is 21.8 Å². The summed E-state index contributed by atoms with van der Waals surface area (Å²) in [6.45, 7) is 2.90. The van der Waals surface area contributed by atoms with Gasteiger partial charge in [0.25, 0.3) is 0 Å². The van der Waals surface area contributed by atoms with Gasteiger partial charge in [-0.25, -0.2) is 8.78 Å². The first-order valence-corrected chi connectivity index (χ1v) is 4.85. The van der Waals surface area contributed by atoms with E-state index < -0.39 is 11.6 Å². The molecule has 0 unspecified atom stereocenters. The monoisotopic (exact) mass is 214 g/mol. The Bertz CT molecular complexity index is 350. The molecule has 1 saturated heterocycles. The van der Waals surface area contributed by atoms with Crippen molar-refractivity contribution in [3.8, 4) is 0 Å². The highest BCUT2D eigenvalue weighted by atomic mass is 19.1. The fraction of sp³-hybridized carbons (Fsp3) is 0.455. The van der Waals surface area contributed by atoms with Crippen LogP contribution in [-0.2, 0) is 9.47 Å². The van der Waals surface area contributed by atoms with Gasteiger partial charge in [-0.15, -0.1) is 0 Å². The lowest BCUT2D eigenvalue weighted by molar-refractivity contribution is 0.0517. The molecule has 1 fully saturated rings. The molecule has 1 aromatic carbocycles. The normalized spacial score (nSPS) is 21.4. The highest BCUT2D eigenvalue weighted by Crippen LogP contribution is 2.22. The van der Waals surface area contributed by atoms with Crippen LogP contribution in [0.3, 0.4) is 0 Å². The second-order valence-corrected chi connectivity index (χ2v) is 3.60. The Morgan fingerprint density at radius 3 is 2.87 bits per heavy atom. The fourth-order valence-electron chi connectivity index (χ4n) is 1.34. The third kappa shape index (κ3) is 2.73. The number of benzene rings is 1. The van der Waals surface area contributed by atoms with Crippen LogP contribution in [0.1, 0.15) is 18.6 Å². The Morgan fingerprint density at radius 1 is 1.53 bits per heavy atom. The van der Waals surface area contributed by atoms with Crippen LogP contribution in [0.5, 0.6) is 0 Å². The van der Waals surface area contributed by atoms with E-state index in [2.05, 4.69) is 0 Å². The molecule has 15 heavy (non-hydrogen) atoms. The smallest absolute Gasteiger partial charge is 0.131 e. The maximum atomic E-state index is 13.3. The first-order chi connectivity index (χ1) is 7.16. The molecule has 1 aromatic rings. The summed E-state index contributed by atoms with van der Waals surface area (Å²) in [6, 6.07) is 3.50. The lowest BCUT2D eigenvalue weighted by atomic mass is 10.1. The van der Waals surface area contributed by atoms with Crippen molar-refractivity contribution >= 4 is 0 Å². The average Bonchev–Trinajstić information content (AvgIpc) is 2.97. The lowest BCUT2D eigenvalue weighted by Crippen LogP contribution is -2.07. The molecule has 1 heterocycles. The molecule has 0 saturated carbocycles. The second kappa shape index (κ2) is 4.24. The van der Waals surface area contributed by atoms with E-state index in [1.165, 1.54) is 12.1 Å². The zero-order chi connectivity index (χ0) is 10.8. The Kier molecular flexibility index (Phi) is 2.98. The van der Waals surface area contributed by atoms with E-state index in [-0.39, 0.29) is 12.2 Å². The van der Waals surface area contributed by atoms with Gasteiger partial charge in [-0.05, 0) is 13.0 Å². The molecule has 1 aliphatic heterocycles. The Hall–Kier alpha value is -1.00. The molecular formula is C11H12F2O2. The molecule has 82 valence electrons. The van der Waals surface area contributed by atoms with Crippen molar-refractivity contribution in [3.05, 3.63) is 35.4 Å². The van der Waals surface area contributed by atoms with Gasteiger partial charge in [0.05, 0.1) is 19.3 Å². The van der Waals surface area contributed by atoms with E-state index >= 15 is 0 Å². The van der Waals surface area contributed by atoms with Crippen molar-refractivity contribution in [3.63, 3.8) is 0 Å². The Morgan fingerprint density at radius 2 is 2.27 bits per heavy atom. The predicted octanol–water partition coefficient (Wildman–Crippen LogP) is 2.44. The van der Waals surface area contributed by atoms with Crippen molar-refractivity contribution in [2.45, 2.75) is 19.1 Å². The largest absolute Gasteiger partial charge is 0.371 e. The summed E-state index contributed by atoms with van der Waals surface area (Å²) in [4.78, 5) is 0. The van der Waals surface area contributed by atoms with Crippen LogP contribution in [0.4, 0.5) is 8.78 Å². The van der Waals surface area contributed by atoms with Crippen molar-refractivity contribution < 1.29 is 18.3 Å². The summed E-state index contributed by atoms with van der Waals surface area (Å²) >= 11 is 0. The minimum atomic E-state index is -0.575. The highest BCUT2D eigenvalue weighted by molar-refractivity contribution is 5.20. The van der Waals surface area contributed by atoms with Gasteiger partial charge >= 0.3 is 0 Å². The van der Waals surface area contributed by atoms with Crippen molar-refractivity contribution in [2.75, 3.05) is 13.2 Å². The Labute approximate surface area is 86.8 Å². The van der Waals surface area contributed by atoms with E-state index in [0.717, 1.165) is 6.07 Å². The summed E-state index contributed by atoms with van der Waals surface area (Å²) < 4.78 is 36.3. The molecule has 2 nitrogen and oxygen atoms in total. The number of rotatable bonds is 4. The highest BCUT2D eigenvalue weighted by Gasteiger charge is 2.24. The molecule has 0 amide bonds. The fourth-order valence-corrected chi connectivity index (χ4v) is 1.34. The standard InChI is InChI=1S/C11H12F2O2/c1-7(14-5-9-6-15-9)10-3-2-8(12)4-11(10)13/h2-4,7,9H,5-6H2,1H3/t7-,9-/m0/s1. The maximum absolute atomic E-state index is 13.3. The van der Waals surface area contributed by atoms with E-state index in [1.807, 2.05) is 0 Å². The molecule has 0 aliphatic carbocycles. The van der Waals surface area contributed by atoms with Crippen molar-refractivity contribution in [1.29, 1.82) is 0 Å². The molecule has 1 aliphatic rings. The maximum Gasteiger partial charge on any atom is 0.131 e. The molecule has 2 atom stereocenters. The number of hydrogen-bond acceptors (Lipinski definition) is 2. The van der Waals surface area contributed by atoms with E-state index in [1.54, 1.807) is 6.92 Å². The van der Waals surface area contributed by atoms with Crippen molar-refractivity contribution in [1.82, 2.24) is 0 Å². The Balaban J connectivity index is 1.99.